The zero-order valence-electron chi connectivity index (χ0n) is 12.7. The number of amides is 1. The van der Waals surface area contributed by atoms with Gasteiger partial charge < -0.3 is 15.2 Å². The number of carbonyl (C=O) groups excluding carboxylic acids is 1. The first-order chi connectivity index (χ1) is 10.7. The Balaban J connectivity index is 1.64. The summed E-state index contributed by atoms with van der Waals surface area (Å²) in [5.74, 6) is 0.871. The maximum absolute atomic E-state index is 12.5. The second kappa shape index (κ2) is 6.27. The second-order valence-corrected chi connectivity index (χ2v) is 5.76. The fourth-order valence-electron chi connectivity index (χ4n) is 2.90. The van der Waals surface area contributed by atoms with E-state index in [1.165, 1.54) is 0 Å². The van der Waals surface area contributed by atoms with Crippen LogP contribution in [0.3, 0.4) is 0 Å². The van der Waals surface area contributed by atoms with Crippen LogP contribution in [0.5, 0.6) is 0 Å². The smallest absolute Gasteiger partial charge is 0.289 e. The molecule has 2 aromatic rings. The van der Waals surface area contributed by atoms with Crippen LogP contribution in [0.4, 0.5) is 0 Å². The van der Waals surface area contributed by atoms with Gasteiger partial charge in [-0.05, 0) is 18.8 Å². The summed E-state index contributed by atoms with van der Waals surface area (Å²) in [7, 11) is 1.84. The maximum Gasteiger partial charge on any atom is 0.289 e. The van der Waals surface area contributed by atoms with E-state index >= 15 is 0 Å². The van der Waals surface area contributed by atoms with E-state index < -0.39 is 0 Å². The molecule has 1 fully saturated rings. The van der Waals surface area contributed by atoms with Crippen LogP contribution in [0.2, 0.25) is 0 Å². The zero-order valence-corrected chi connectivity index (χ0v) is 12.7. The van der Waals surface area contributed by atoms with E-state index in [2.05, 4.69) is 15.3 Å². The molecule has 118 valence electrons. The fourth-order valence-corrected chi connectivity index (χ4v) is 2.90. The minimum absolute atomic E-state index is 0.00145. The molecular weight excluding hydrogens is 282 g/mol. The SMILES string of the molecule is Cn1ccnc1C(=O)N1CCCC(Cn2cc(CN)nn2)C1. The van der Waals surface area contributed by atoms with Crippen molar-refractivity contribution in [3.63, 3.8) is 0 Å². The number of hydrogen-bond donors (Lipinski definition) is 1. The molecule has 22 heavy (non-hydrogen) atoms. The summed E-state index contributed by atoms with van der Waals surface area (Å²) >= 11 is 0. The average Bonchev–Trinajstić information content (AvgIpc) is 3.15. The molecule has 1 aliphatic rings. The molecular formula is C14H21N7O. The quantitative estimate of drug-likeness (QED) is 0.859. The Kier molecular flexibility index (Phi) is 4.19. The van der Waals surface area contributed by atoms with Gasteiger partial charge in [0, 0.05) is 51.8 Å². The monoisotopic (exact) mass is 303 g/mol. The predicted octanol–water partition coefficient (Wildman–Crippen LogP) is 0.0227. The van der Waals surface area contributed by atoms with Crippen LogP contribution in [-0.2, 0) is 20.1 Å². The lowest BCUT2D eigenvalue weighted by molar-refractivity contribution is 0.0643. The highest BCUT2D eigenvalue weighted by Crippen LogP contribution is 2.19. The van der Waals surface area contributed by atoms with Crippen LogP contribution in [0.15, 0.2) is 18.6 Å². The van der Waals surface area contributed by atoms with Gasteiger partial charge in [0.05, 0.1) is 5.69 Å². The molecule has 1 atom stereocenters. The average molecular weight is 303 g/mol. The lowest BCUT2D eigenvalue weighted by atomic mass is 9.98. The van der Waals surface area contributed by atoms with Gasteiger partial charge in [-0.3, -0.25) is 9.48 Å². The van der Waals surface area contributed by atoms with Crippen molar-refractivity contribution in [1.29, 1.82) is 0 Å². The van der Waals surface area contributed by atoms with Crippen LogP contribution < -0.4 is 5.73 Å². The van der Waals surface area contributed by atoms with Gasteiger partial charge >= 0.3 is 0 Å². The highest BCUT2D eigenvalue weighted by atomic mass is 16.2. The molecule has 0 radical (unpaired) electrons. The summed E-state index contributed by atoms with van der Waals surface area (Å²) in [6.45, 7) is 2.67. The molecule has 0 aliphatic carbocycles. The van der Waals surface area contributed by atoms with E-state index in [1.54, 1.807) is 17.0 Å². The molecule has 2 aromatic heterocycles. The van der Waals surface area contributed by atoms with E-state index in [4.69, 9.17) is 5.73 Å². The van der Waals surface area contributed by atoms with Gasteiger partial charge in [0.15, 0.2) is 5.82 Å². The van der Waals surface area contributed by atoms with Gasteiger partial charge in [-0.25, -0.2) is 4.98 Å². The fraction of sp³-hybridized carbons (Fsp3) is 0.571. The number of carbonyl (C=O) groups is 1. The summed E-state index contributed by atoms with van der Waals surface area (Å²) < 4.78 is 3.58. The van der Waals surface area contributed by atoms with Gasteiger partial charge in [0.25, 0.3) is 5.91 Å². The number of imidazole rings is 1. The highest BCUT2D eigenvalue weighted by Gasteiger charge is 2.26. The third-order valence-corrected chi connectivity index (χ3v) is 4.06. The Bertz CT molecular complexity index is 647. The number of piperidine rings is 1. The summed E-state index contributed by atoms with van der Waals surface area (Å²) in [5.41, 5.74) is 6.34. The summed E-state index contributed by atoms with van der Waals surface area (Å²) in [6, 6.07) is 0. The van der Waals surface area contributed by atoms with Crippen LogP contribution in [0.25, 0.3) is 0 Å². The molecule has 0 spiro atoms. The molecule has 8 heteroatoms. The minimum atomic E-state index is -0.00145. The molecule has 0 saturated carbocycles. The summed E-state index contributed by atoms with van der Waals surface area (Å²) in [5, 5.41) is 8.08. The maximum atomic E-state index is 12.5. The Morgan fingerprint density at radius 1 is 1.50 bits per heavy atom. The van der Waals surface area contributed by atoms with E-state index in [-0.39, 0.29) is 5.91 Å². The van der Waals surface area contributed by atoms with Crippen LogP contribution >= 0.6 is 0 Å². The largest absolute Gasteiger partial charge is 0.336 e. The number of rotatable bonds is 4. The number of likely N-dealkylation sites (tertiary alicyclic amines) is 1. The molecule has 0 bridgehead atoms. The Labute approximate surface area is 128 Å². The molecule has 3 heterocycles. The van der Waals surface area contributed by atoms with Crippen LogP contribution in [0.1, 0.15) is 29.2 Å². The highest BCUT2D eigenvalue weighted by molar-refractivity contribution is 5.90. The van der Waals surface area contributed by atoms with E-state index in [1.807, 2.05) is 22.8 Å². The van der Waals surface area contributed by atoms with Crippen molar-refractivity contribution in [1.82, 2.24) is 29.4 Å². The zero-order chi connectivity index (χ0) is 15.5. The van der Waals surface area contributed by atoms with Gasteiger partial charge in [0.1, 0.15) is 0 Å². The molecule has 3 rings (SSSR count). The number of aryl methyl sites for hydroxylation is 1. The van der Waals surface area contributed by atoms with E-state index in [0.717, 1.165) is 38.2 Å². The Morgan fingerprint density at radius 3 is 3.05 bits per heavy atom. The van der Waals surface area contributed by atoms with Crippen LogP contribution in [-0.4, -0.2) is 48.4 Å². The Hall–Kier alpha value is -2.22. The number of nitrogens with two attached hydrogens (primary N) is 1. The molecule has 1 unspecified atom stereocenters. The van der Waals surface area contributed by atoms with E-state index in [0.29, 0.717) is 18.3 Å². The second-order valence-electron chi connectivity index (χ2n) is 5.76. The molecule has 2 N–H and O–H groups in total. The minimum Gasteiger partial charge on any atom is -0.336 e. The summed E-state index contributed by atoms with van der Waals surface area (Å²) in [4.78, 5) is 18.6. The van der Waals surface area contributed by atoms with Crippen molar-refractivity contribution in [3.8, 4) is 0 Å². The van der Waals surface area contributed by atoms with Crippen molar-refractivity contribution in [3.05, 3.63) is 30.1 Å². The van der Waals surface area contributed by atoms with Crippen molar-refractivity contribution >= 4 is 5.91 Å². The predicted molar refractivity (Wildman–Crippen MR) is 79.7 cm³/mol. The standard InChI is InChI=1S/C14H21N7O/c1-19-6-4-16-13(19)14(22)20-5-2-3-11(8-20)9-21-10-12(7-15)17-18-21/h4,6,10-11H,2-3,5,7-9,15H2,1H3. The van der Waals surface area contributed by atoms with Gasteiger partial charge in [-0.2, -0.15) is 0 Å². The first-order valence-electron chi connectivity index (χ1n) is 7.53. The third kappa shape index (κ3) is 3.01. The summed E-state index contributed by atoms with van der Waals surface area (Å²) in [6.07, 6.45) is 7.40. The molecule has 1 saturated heterocycles. The normalized spacial score (nSPS) is 18.6. The number of nitrogens with zero attached hydrogens (tertiary/aromatic N) is 6. The first kappa shape index (κ1) is 14.7. The lowest BCUT2D eigenvalue weighted by Crippen LogP contribution is -2.42. The topological polar surface area (TPSA) is 94.9 Å². The lowest BCUT2D eigenvalue weighted by Gasteiger charge is -2.32. The van der Waals surface area contributed by atoms with Gasteiger partial charge in [-0.1, -0.05) is 5.21 Å². The molecule has 1 amide bonds. The van der Waals surface area contributed by atoms with Crippen molar-refractivity contribution in [2.75, 3.05) is 13.1 Å². The number of aromatic nitrogens is 5. The molecule has 8 nitrogen and oxygen atoms in total. The van der Waals surface area contributed by atoms with Crippen molar-refractivity contribution in [2.24, 2.45) is 18.7 Å². The first-order valence-corrected chi connectivity index (χ1v) is 7.53. The van der Waals surface area contributed by atoms with Gasteiger partial charge in [0.2, 0.25) is 0 Å². The molecule has 0 aromatic carbocycles. The third-order valence-electron chi connectivity index (χ3n) is 4.06. The van der Waals surface area contributed by atoms with E-state index in [9.17, 15) is 4.79 Å². The van der Waals surface area contributed by atoms with Crippen molar-refractivity contribution in [2.45, 2.75) is 25.9 Å². The molecule has 1 aliphatic heterocycles. The van der Waals surface area contributed by atoms with Gasteiger partial charge in [-0.15, -0.1) is 5.10 Å². The Morgan fingerprint density at radius 2 is 2.36 bits per heavy atom. The van der Waals surface area contributed by atoms with Crippen LogP contribution in [0, 0.1) is 5.92 Å². The van der Waals surface area contributed by atoms with Crippen molar-refractivity contribution < 1.29 is 4.79 Å². The number of hydrogen-bond acceptors (Lipinski definition) is 5.